The summed E-state index contributed by atoms with van der Waals surface area (Å²) in [5.74, 6) is 0. The first-order valence-electron chi connectivity index (χ1n) is 19.0. The molecule has 0 amide bonds. The van der Waals surface area contributed by atoms with Crippen LogP contribution in [0.5, 0.6) is 0 Å². The van der Waals surface area contributed by atoms with Crippen LogP contribution in [0, 0.1) is 0 Å². The first-order chi connectivity index (χ1) is 27.1. The molecular formula is C50H43N5. The molecule has 3 N–H and O–H groups in total. The predicted molar refractivity (Wildman–Crippen MR) is 226 cm³/mol. The molecule has 268 valence electrons. The van der Waals surface area contributed by atoms with Crippen LogP contribution in [-0.2, 0) is 6.54 Å². The van der Waals surface area contributed by atoms with E-state index >= 15 is 0 Å². The van der Waals surface area contributed by atoms with Gasteiger partial charge in [0, 0.05) is 18.5 Å². The van der Waals surface area contributed by atoms with Gasteiger partial charge in [-0.25, -0.2) is 5.43 Å². The van der Waals surface area contributed by atoms with Gasteiger partial charge < -0.3 is 5.32 Å². The molecule has 55 heavy (non-hydrogen) atoms. The van der Waals surface area contributed by atoms with E-state index < -0.39 is 0 Å². The Morgan fingerprint density at radius 1 is 0.545 bits per heavy atom. The Kier molecular flexibility index (Phi) is 9.72. The van der Waals surface area contributed by atoms with Gasteiger partial charge in [-0.05, 0) is 110 Å². The zero-order valence-electron chi connectivity index (χ0n) is 30.8. The Labute approximate surface area is 323 Å². The van der Waals surface area contributed by atoms with Crippen molar-refractivity contribution in [2.24, 2.45) is 4.99 Å². The maximum absolute atomic E-state index is 4.64. The monoisotopic (exact) mass is 713 g/mol. The number of allylic oxidation sites excluding steroid dienone is 2. The van der Waals surface area contributed by atoms with Crippen molar-refractivity contribution in [3.05, 3.63) is 216 Å². The number of benzene rings is 7. The largest absolute Gasteiger partial charge is 0.364 e. The quantitative estimate of drug-likeness (QED) is 0.117. The minimum Gasteiger partial charge on any atom is -0.364 e. The van der Waals surface area contributed by atoms with Gasteiger partial charge in [0.25, 0.3) is 0 Å². The van der Waals surface area contributed by atoms with Gasteiger partial charge in [0.2, 0.25) is 0 Å². The summed E-state index contributed by atoms with van der Waals surface area (Å²) in [5, 5.41) is 9.75. The number of hydrogen-bond donors (Lipinski definition) is 3. The van der Waals surface area contributed by atoms with E-state index in [4.69, 9.17) is 0 Å². The molecular weight excluding hydrogens is 671 g/mol. The lowest BCUT2D eigenvalue weighted by Gasteiger charge is -2.23. The van der Waals surface area contributed by atoms with Gasteiger partial charge in [0.1, 0.15) is 18.5 Å². The fraction of sp³-hybridized carbons (Fsp3) is 0.100. The zero-order valence-corrected chi connectivity index (χ0v) is 30.8. The van der Waals surface area contributed by atoms with E-state index in [1.165, 1.54) is 61.2 Å². The number of hydrogen-bond acceptors (Lipinski definition) is 5. The van der Waals surface area contributed by atoms with Crippen LogP contribution in [0.4, 0.5) is 0 Å². The Balaban J connectivity index is 1.11. The number of aliphatic imine (C=N–C) groups is 1. The van der Waals surface area contributed by atoms with Crippen LogP contribution >= 0.6 is 0 Å². The van der Waals surface area contributed by atoms with Gasteiger partial charge in [-0.15, -0.1) is 0 Å². The van der Waals surface area contributed by atoms with Gasteiger partial charge in [0.05, 0.1) is 0 Å². The van der Waals surface area contributed by atoms with E-state index in [0.29, 0.717) is 0 Å². The number of rotatable bonds is 11. The van der Waals surface area contributed by atoms with Crippen LogP contribution in [0.1, 0.15) is 47.7 Å². The molecule has 2 aliphatic heterocycles. The van der Waals surface area contributed by atoms with Crippen molar-refractivity contribution in [2.45, 2.75) is 32.0 Å². The molecule has 2 aliphatic rings. The molecule has 2 heterocycles. The SMILES string of the molecule is CC1=CC=NC(c2ccc(C3NN3C(NCc3ccccc3)c3cc(-c4cccc(-c5ccccc5)c4)cc(-c4cccc(-c5ccccc5)c4)c3)cc2)N1. The van der Waals surface area contributed by atoms with E-state index in [1.54, 1.807) is 0 Å². The lowest BCUT2D eigenvalue weighted by molar-refractivity contribution is 0.296. The molecule has 1 saturated heterocycles. The molecule has 0 radical (unpaired) electrons. The summed E-state index contributed by atoms with van der Waals surface area (Å²) in [7, 11) is 0. The van der Waals surface area contributed by atoms with Crippen molar-refractivity contribution in [1.82, 2.24) is 21.1 Å². The van der Waals surface area contributed by atoms with Gasteiger partial charge >= 0.3 is 0 Å². The number of nitrogens with one attached hydrogen (secondary N) is 3. The lowest BCUT2D eigenvalue weighted by atomic mass is 9.92. The van der Waals surface area contributed by atoms with E-state index in [2.05, 4.69) is 215 Å². The molecule has 0 bridgehead atoms. The van der Waals surface area contributed by atoms with Crippen LogP contribution in [0.25, 0.3) is 44.5 Å². The molecule has 9 rings (SSSR count). The molecule has 5 heteroatoms. The first kappa shape index (κ1) is 34.4. The molecule has 7 aromatic rings. The van der Waals surface area contributed by atoms with E-state index in [9.17, 15) is 0 Å². The number of hydrazine groups is 1. The van der Waals surface area contributed by atoms with Crippen molar-refractivity contribution in [3.8, 4) is 44.5 Å². The Hall–Kier alpha value is -6.37. The second-order valence-electron chi connectivity index (χ2n) is 14.3. The highest BCUT2D eigenvalue weighted by atomic mass is 15.8. The minimum atomic E-state index is -0.115. The van der Waals surface area contributed by atoms with Crippen LogP contribution < -0.4 is 16.1 Å². The summed E-state index contributed by atoms with van der Waals surface area (Å²) in [4.78, 5) is 4.64. The fourth-order valence-corrected chi connectivity index (χ4v) is 7.49. The van der Waals surface area contributed by atoms with Crippen LogP contribution in [-0.4, -0.2) is 11.2 Å². The van der Waals surface area contributed by atoms with Gasteiger partial charge in [0.15, 0.2) is 0 Å². The Morgan fingerprint density at radius 3 is 1.60 bits per heavy atom. The second kappa shape index (κ2) is 15.5. The molecule has 0 saturated carbocycles. The molecule has 0 spiro atoms. The maximum Gasteiger partial charge on any atom is 0.144 e. The van der Waals surface area contributed by atoms with Gasteiger partial charge in [-0.2, -0.15) is 5.01 Å². The van der Waals surface area contributed by atoms with Crippen molar-refractivity contribution in [3.63, 3.8) is 0 Å². The lowest BCUT2D eigenvalue weighted by Crippen LogP contribution is -2.29. The van der Waals surface area contributed by atoms with Gasteiger partial charge in [-0.1, -0.05) is 152 Å². The number of nitrogens with zero attached hydrogens (tertiary/aromatic N) is 2. The van der Waals surface area contributed by atoms with E-state index in [1.807, 2.05) is 12.3 Å². The van der Waals surface area contributed by atoms with Crippen molar-refractivity contribution in [2.75, 3.05) is 0 Å². The smallest absolute Gasteiger partial charge is 0.144 e. The van der Waals surface area contributed by atoms with Crippen LogP contribution in [0.3, 0.4) is 0 Å². The molecule has 7 aromatic carbocycles. The average molecular weight is 714 g/mol. The predicted octanol–water partition coefficient (Wildman–Crippen LogP) is 11.2. The maximum atomic E-state index is 4.64. The first-order valence-corrected chi connectivity index (χ1v) is 19.0. The summed E-state index contributed by atoms with van der Waals surface area (Å²) in [6.45, 7) is 2.79. The normalized spacial score (nSPS) is 17.9. The summed E-state index contributed by atoms with van der Waals surface area (Å²) in [5.41, 5.74) is 19.2. The highest BCUT2D eigenvalue weighted by molar-refractivity contribution is 5.80. The molecule has 0 aromatic heterocycles. The Morgan fingerprint density at radius 2 is 1.04 bits per heavy atom. The van der Waals surface area contributed by atoms with Crippen molar-refractivity contribution in [1.29, 1.82) is 0 Å². The molecule has 4 atom stereocenters. The van der Waals surface area contributed by atoms with E-state index in [0.717, 1.165) is 17.8 Å². The highest BCUT2D eigenvalue weighted by Crippen LogP contribution is 2.40. The molecule has 4 unspecified atom stereocenters. The topological polar surface area (TPSA) is 61.4 Å². The summed E-state index contributed by atoms with van der Waals surface area (Å²) >= 11 is 0. The third-order valence-corrected chi connectivity index (χ3v) is 10.5. The second-order valence-corrected chi connectivity index (χ2v) is 14.3. The molecule has 5 nitrogen and oxygen atoms in total. The molecule has 0 aliphatic carbocycles. The molecule has 1 fully saturated rings. The van der Waals surface area contributed by atoms with E-state index in [-0.39, 0.29) is 18.5 Å². The summed E-state index contributed by atoms with van der Waals surface area (Å²) in [6.07, 6.45) is 3.76. The third-order valence-electron chi connectivity index (χ3n) is 10.5. The van der Waals surface area contributed by atoms with Gasteiger partial charge in [-0.3, -0.25) is 10.3 Å². The summed E-state index contributed by atoms with van der Waals surface area (Å²) in [6, 6.07) is 65.6. The summed E-state index contributed by atoms with van der Waals surface area (Å²) < 4.78 is 0. The van der Waals surface area contributed by atoms with Crippen LogP contribution in [0.15, 0.2) is 199 Å². The third kappa shape index (κ3) is 7.82. The zero-order chi connectivity index (χ0) is 37.0. The highest BCUT2D eigenvalue weighted by Gasteiger charge is 2.41. The van der Waals surface area contributed by atoms with Crippen LogP contribution in [0.2, 0.25) is 0 Å². The fourth-order valence-electron chi connectivity index (χ4n) is 7.49. The van der Waals surface area contributed by atoms with Crippen molar-refractivity contribution >= 4 is 6.21 Å². The average Bonchev–Trinajstić information content (AvgIpc) is 4.05. The minimum absolute atomic E-state index is 0.0571. The van der Waals surface area contributed by atoms with Crippen molar-refractivity contribution < 1.29 is 0 Å². The standard InChI is InChI=1S/C50H43N5/c1-35-27-28-51-48(53-35)39-23-25-40(26-24-39)50-54-55(50)49(52-34-36-13-5-2-6-14-36)47-32-45(43-21-11-19-41(29-43)37-15-7-3-8-16-37)31-46(33-47)44-22-12-20-42(30-44)38-17-9-4-10-18-38/h2-33,48-50,52-54H,34H2,1H3. The Bertz CT molecular complexity index is 2360.